The molecule has 2 aromatic rings. The average molecular weight is 400 g/mol. The third-order valence-electron chi connectivity index (χ3n) is 2.16. The average Bonchev–Trinajstić information content (AvgIpc) is 2.42. The molecule has 0 saturated heterocycles. The number of phenols is 1. The molecule has 0 spiro atoms. The van der Waals surface area contributed by atoms with E-state index in [0.29, 0.717) is 6.61 Å². The Bertz CT molecular complexity index is 547. The van der Waals surface area contributed by atoms with Gasteiger partial charge in [0.05, 0.1) is 8.95 Å². The van der Waals surface area contributed by atoms with Crippen LogP contribution in [0.2, 0.25) is 0 Å². The first-order valence-electron chi connectivity index (χ1n) is 5.96. The lowest BCUT2D eigenvalue weighted by molar-refractivity contribution is 0.350. The van der Waals surface area contributed by atoms with Gasteiger partial charge in [0.1, 0.15) is 18.1 Å². The minimum Gasteiger partial charge on any atom is -0.507 e. The van der Waals surface area contributed by atoms with Crippen LogP contribution in [-0.4, -0.2) is 11.7 Å². The predicted octanol–water partition coefficient (Wildman–Crippen LogP) is 5.56. The Kier molecular flexibility index (Phi) is 7.41. The van der Waals surface area contributed by atoms with Crippen molar-refractivity contribution >= 4 is 31.9 Å². The third-order valence-corrected chi connectivity index (χ3v) is 3.49. The van der Waals surface area contributed by atoms with Crippen molar-refractivity contribution in [2.24, 2.45) is 0 Å². The number of ether oxygens (including phenoxy) is 1. The van der Waals surface area contributed by atoms with Crippen LogP contribution in [0.15, 0.2) is 69.6 Å². The standard InChI is InChI=1S/C10H11BrO.C6H5BrO/c1-8(2)7-12-10-6-4-3-5-9(10)11;7-5-3-1-2-4-6(5)8/h3-6H,1,7H2,2H3;1-4,8H. The van der Waals surface area contributed by atoms with Crippen molar-refractivity contribution < 1.29 is 9.84 Å². The summed E-state index contributed by atoms with van der Waals surface area (Å²) in [4.78, 5) is 0. The lowest BCUT2D eigenvalue weighted by Gasteiger charge is -2.06. The quantitative estimate of drug-likeness (QED) is 0.684. The summed E-state index contributed by atoms with van der Waals surface area (Å²) in [6, 6.07) is 14.8. The number of halogens is 2. The smallest absolute Gasteiger partial charge is 0.133 e. The molecule has 0 aromatic heterocycles. The molecule has 0 radical (unpaired) electrons. The maximum atomic E-state index is 8.87. The van der Waals surface area contributed by atoms with Crippen LogP contribution < -0.4 is 4.74 Å². The molecule has 0 aliphatic rings. The van der Waals surface area contributed by atoms with Crippen LogP contribution in [0, 0.1) is 0 Å². The molecule has 0 bridgehead atoms. The van der Waals surface area contributed by atoms with E-state index in [4.69, 9.17) is 9.84 Å². The molecule has 2 rings (SSSR count). The summed E-state index contributed by atoms with van der Waals surface area (Å²) in [5, 5.41) is 8.87. The topological polar surface area (TPSA) is 29.5 Å². The molecule has 0 saturated carbocycles. The van der Waals surface area contributed by atoms with E-state index >= 15 is 0 Å². The summed E-state index contributed by atoms with van der Waals surface area (Å²) in [7, 11) is 0. The molecule has 0 atom stereocenters. The molecule has 0 aliphatic carbocycles. The Balaban J connectivity index is 0.000000217. The monoisotopic (exact) mass is 398 g/mol. The normalized spacial score (nSPS) is 9.35. The fourth-order valence-electron chi connectivity index (χ4n) is 1.21. The van der Waals surface area contributed by atoms with Crippen molar-refractivity contribution in [1.29, 1.82) is 0 Å². The Labute approximate surface area is 136 Å². The molecule has 0 amide bonds. The fourth-order valence-corrected chi connectivity index (χ4v) is 1.90. The van der Waals surface area contributed by atoms with E-state index in [9.17, 15) is 0 Å². The van der Waals surface area contributed by atoms with E-state index in [1.54, 1.807) is 18.2 Å². The molecule has 2 aromatic carbocycles. The van der Waals surface area contributed by atoms with Crippen LogP contribution in [-0.2, 0) is 0 Å². The molecular formula is C16H16Br2O2. The Morgan fingerprint density at radius 2 is 1.60 bits per heavy atom. The van der Waals surface area contributed by atoms with Gasteiger partial charge in [0.2, 0.25) is 0 Å². The molecule has 2 nitrogen and oxygen atoms in total. The molecule has 0 aliphatic heterocycles. The number of rotatable bonds is 3. The van der Waals surface area contributed by atoms with E-state index < -0.39 is 0 Å². The second-order valence-corrected chi connectivity index (χ2v) is 5.84. The highest BCUT2D eigenvalue weighted by atomic mass is 79.9. The summed E-state index contributed by atoms with van der Waals surface area (Å²) < 4.78 is 7.17. The van der Waals surface area contributed by atoms with E-state index in [1.807, 2.05) is 37.3 Å². The molecule has 0 heterocycles. The molecule has 0 fully saturated rings. The summed E-state index contributed by atoms with van der Waals surface area (Å²) in [6.07, 6.45) is 0. The third kappa shape index (κ3) is 6.26. The number of benzene rings is 2. The second-order valence-electron chi connectivity index (χ2n) is 4.13. The lowest BCUT2D eigenvalue weighted by Crippen LogP contribution is -1.97. The van der Waals surface area contributed by atoms with E-state index in [0.717, 1.165) is 20.3 Å². The van der Waals surface area contributed by atoms with Crippen LogP contribution in [0.4, 0.5) is 0 Å². The van der Waals surface area contributed by atoms with Crippen molar-refractivity contribution in [2.75, 3.05) is 6.61 Å². The maximum absolute atomic E-state index is 8.87. The number of phenolic OH excluding ortho intramolecular Hbond substituents is 1. The van der Waals surface area contributed by atoms with Crippen LogP contribution in [0.25, 0.3) is 0 Å². The van der Waals surface area contributed by atoms with Gasteiger partial charge in [0.25, 0.3) is 0 Å². The van der Waals surface area contributed by atoms with Crippen molar-refractivity contribution in [3.8, 4) is 11.5 Å². The van der Waals surface area contributed by atoms with E-state index in [1.165, 1.54) is 0 Å². The molecule has 4 heteroatoms. The molecule has 1 N–H and O–H groups in total. The summed E-state index contributed by atoms with van der Waals surface area (Å²) in [5.41, 5.74) is 1.02. The van der Waals surface area contributed by atoms with Gasteiger partial charge < -0.3 is 9.84 Å². The number of aromatic hydroxyl groups is 1. The molecule has 20 heavy (non-hydrogen) atoms. The maximum Gasteiger partial charge on any atom is 0.133 e. The Morgan fingerprint density at radius 1 is 1.05 bits per heavy atom. The molecular weight excluding hydrogens is 384 g/mol. The molecule has 0 unspecified atom stereocenters. The van der Waals surface area contributed by atoms with Crippen molar-refractivity contribution in [2.45, 2.75) is 6.92 Å². The van der Waals surface area contributed by atoms with Gasteiger partial charge in [0, 0.05) is 0 Å². The second kappa shape index (κ2) is 8.82. The zero-order valence-corrected chi connectivity index (χ0v) is 14.3. The van der Waals surface area contributed by atoms with Gasteiger partial charge in [-0.1, -0.05) is 30.8 Å². The van der Waals surface area contributed by atoms with Crippen LogP contribution >= 0.6 is 31.9 Å². The first-order chi connectivity index (χ1) is 9.50. The minimum absolute atomic E-state index is 0.285. The largest absolute Gasteiger partial charge is 0.507 e. The van der Waals surface area contributed by atoms with Gasteiger partial charge in [0.15, 0.2) is 0 Å². The summed E-state index contributed by atoms with van der Waals surface area (Å²) in [5.74, 6) is 1.15. The lowest BCUT2D eigenvalue weighted by atomic mass is 10.3. The Hall–Kier alpha value is -1.26. The first-order valence-corrected chi connectivity index (χ1v) is 7.54. The highest BCUT2D eigenvalue weighted by Crippen LogP contribution is 2.24. The van der Waals surface area contributed by atoms with Crippen molar-refractivity contribution in [3.05, 3.63) is 69.6 Å². The van der Waals surface area contributed by atoms with Gasteiger partial charge >= 0.3 is 0 Å². The van der Waals surface area contributed by atoms with Crippen LogP contribution in [0.3, 0.4) is 0 Å². The SMILES string of the molecule is C=C(C)COc1ccccc1Br.Oc1ccccc1Br. The zero-order valence-electron chi connectivity index (χ0n) is 11.1. The van der Waals surface area contributed by atoms with Gasteiger partial charge in [-0.3, -0.25) is 0 Å². The predicted molar refractivity (Wildman–Crippen MR) is 90.3 cm³/mol. The van der Waals surface area contributed by atoms with Crippen LogP contribution in [0.1, 0.15) is 6.92 Å². The van der Waals surface area contributed by atoms with E-state index in [2.05, 4.69) is 38.4 Å². The fraction of sp³-hybridized carbons (Fsp3) is 0.125. The summed E-state index contributed by atoms with van der Waals surface area (Å²) in [6.45, 7) is 6.27. The van der Waals surface area contributed by atoms with E-state index in [-0.39, 0.29) is 5.75 Å². The first kappa shape index (κ1) is 16.8. The van der Waals surface area contributed by atoms with Crippen molar-refractivity contribution in [3.63, 3.8) is 0 Å². The number of hydrogen-bond acceptors (Lipinski definition) is 2. The molecule has 106 valence electrons. The van der Waals surface area contributed by atoms with Crippen LogP contribution in [0.5, 0.6) is 11.5 Å². The van der Waals surface area contributed by atoms with Gasteiger partial charge in [-0.15, -0.1) is 0 Å². The zero-order chi connectivity index (χ0) is 15.0. The summed E-state index contributed by atoms with van der Waals surface area (Å²) >= 11 is 6.54. The van der Waals surface area contributed by atoms with Gasteiger partial charge in [-0.25, -0.2) is 0 Å². The number of para-hydroxylation sites is 2. The van der Waals surface area contributed by atoms with Gasteiger partial charge in [-0.05, 0) is 68.6 Å². The van der Waals surface area contributed by atoms with Gasteiger partial charge in [-0.2, -0.15) is 0 Å². The number of hydrogen-bond donors (Lipinski definition) is 1. The minimum atomic E-state index is 0.285. The highest BCUT2D eigenvalue weighted by Gasteiger charge is 1.97. The Morgan fingerprint density at radius 3 is 2.05 bits per heavy atom. The van der Waals surface area contributed by atoms with Crippen molar-refractivity contribution in [1.82, 2.24) is 0 Å². The highest BCUT2D eigenvalue weighted by molar-refractivity contribution is 9.10.